The molecule has 0 aliphatic carbocycles. The Kier molecular flexibility index (Phi) is 4.97. The van der Waals surface area contributed by atoms with Crippen molar-refractivity contribution < 1.29 is 0 Å². The first kappa shape index (κ1) is 10.6. The van der Waals surface area contributed by atoms with Crippen LogP contribution in [0.15, 0.2) is 10.9 Å². The number of unbranched alkanes of at least 4 members (excludes halogenated alkanes) is 2. The molecule has 1 aromatic heterocycles. The van der Waals surface area contributed by atoms with Crippen LogP contribution in [0.5, 0.6) is 0 Å². The van der Waals surface area contributed by atoms with Gasteiger partial charge in [-0.2, -0.15) is 0 Å². The van der Waals surface area contributed by atoms with Gasteiger partial charge in [0, 0.05) is 5.38 Å². The number of nitrogens with zero attached hydrogens (tertiary/aromatic N) is 1. The number of rotatable bonds is 6. The predicted molar refractivity (Wildman–Crippen MR) is 56.3 cm³/mol. The molecule has 3 nitrogen and oxygen atoms in total. The van der Waals surface area contributed by atoms with E-state index >= 15 is 0 Å². The first-order chi connectivity index (χ1) is 6.38. The molecule has 13 heavy (non-hydrogen) atoms. The lowest BCUT2D eigenvalue weighted by molar-refractivity contribution is 0.479. The number of hydrogen-bond donors (Lipinski definition) is 2. The molecule has 1 atom stereocenters. The minimum absolute atomic E-state index is 0.234. The molecule has 0 amide bonds. The number of thiazole rings is 1. The average molecular weight is 199 g/mol. The van der Waals surface area contributed by atoms with Gasteiger partial charge in [0.2, 0.25) is 0 Å². The molecule has 1 rings (SSSR count). The molecular weight excluding hydrogens is 182 g/mol. The number of hydrogen-bond acceptors (Lipinski definition) is 4. The minimum Gasteiger partial charge on any atom is -0.271 e. The summed E-state index contributed by atoms with van der Waals surface area (Å²) in [6.45, 7) is 2.20. The van der Waals surface area contributed by atoms with Gasteiger partial charge >= 0.3 is 0 Å². The molecule has 0 spiro atoms. The Morgan fingerprint density at radius 3 is 3.00 bits per heavy atom. The van der Waals surface area contributed by atoms with Gasteiger partial charge in [-0.3, -0.25) is 11.3 Å². The van der Waals surface area contributed by atoms with Crippen LogP contribution in [0.1, 0.15) is 44.3 Å². The first-order valence-corrected chi connectivity index (χ1v) is 5.67. The van der Waals surface area contributed by atoms with Gasteiger partial charge in [-0.1, -0.05) is 26.2 Å². The van der Waals surface area contributed by atoms with Crippen LogP contribution in [0, 0.1) is 0 Å². The molecular formula is C9H17N3S. The number of hydrazine groups is 1. The molecule has 0 saturated heterocycles. The maximum absolute atomic E-state index is 5.46. The Hall–Kier alpha value is -0.450. The highest BCUT2D eigenvalue weighted by Crippen LogP contribution is 2.18. The number of nitrogens with two attached hydrogens (primary N) is 1. The Morgan fingerprint density at radius 2 is 2.46 bits per heavy atom. The van der Waals surface area contributed by atoms with Gasteiger partial charge in [-0.15, -0.1) is 11.3 Å². The van der Waals surface area contributed by atoms with Crippen molar-refractivity contribution in [1.29, 1.82) is 0 Å². The number of nitrogens with one attached hydrogen (secondary N) is 1. The maximum atomic E-state index is 5.46. The highest BCUT2D eigenvalue weighted by atomic mass is 32.1. The Morgan fingerprint density at radius 1 is 1.62 bits per heavy atom. The molecule has 0 aliphatic heterocycles. The van der Waals surface area contributed by atoms with E-state index in [2.05, 4.69) is 22.7 Å². The predicted octanol–water partition coefficient (Wildman–Crippen LogP) is 2.23. The standard InChI is InChI=1S/C9H17N3S/c1-2-3-4-5-8(12-10)9-6-13-7-11-9/h6-8,12H,2-5,10H2,1H3. The summed E-state index contributed by atoms with van der Waals surface area (Å²) in [7, 11) is 0. The largest absolute Gasteiger partial charge is 0.271 e. The third-order valence-electron chi connectivity index (χ3n) is 2.11. The lowest BCUT2D eigenvalue weighted by Crippen LogP contribution is -2.28. The molecule has 0 aliphatic rings. The van der Waals surface area contributed by atoms with Crippen molar-refractivity contribution >= 4 is 11.3 Å². The van der Waals surface area contributed by atoms with Gasteiger partial charge in [0.15, 0.2) is 0 Å². The molecule has 1 aromatic rings. The second kappa shape index (κ2) is 6.07. The van der Waals surface area contributed by atoms with E-state index in [0.29, 0.717) is 0 Å². The highest BCUT2D eigenvalue weighted by molar-refractivity contribution is 7.07. The van der Waals surface area contributed by atoms with Gasteiger partial charge in [0.25, 0.3) is 0 Å². The van der Waals surface area contributed by atoms with Crippen LogP contribution >= 0.6 is 11.3 Å². The maximum Gasteiger partial charge on any atom is 0.0795 e. The van der Waals surface area contributed by atoms with Crippen molar-refractivity contribution in [3.63, 3.8) is 0 Å². The van der Waals surface area contributed by atoms with Crippen molar-refractivity contribution in [1.82, 2.24) is 10.4 Å². The normalized spacial score (nSPS) is 13.1. The van der Waals surface area contributed by atoms with Crippen molar-refractivity contribution in [3.05, 3.63) is 16.6 Å². The third-order valence-corrected chi connectivity index (χ3v) is 2.71. The summed E-state index contributed by atoms with van der Waals surface area (Å²) in [6, 6.07) is 0.234. The summed E-state index contributed by atoms with van der Waals surface area (Å²) in [4.78, 5) is 4.24. The summed E-state index contributed by atoms with van der Waals surface area (Å²) in [6.07, 6.45) is 4.80. The average Bonchev–Trinajstić information content (AvgIpc) is 2.65. The van der Waals surface area contributed by atoms with Crippen LogP contribution in [-0.2, 0) is 0 Å². The zero-order chi connectivity index (χ0) is 9.52. The van der Waals surface area contributed by atoms with E-state index < -0.39 is 0 Å². The second-order valence-electron chi connectivity index (χ2n) is 3.13. The molecule has 0 radical (unpaired) electrons. The fraction of sp³-hybridized carbons (Fsp3) is 0.667. The molecule has 0 aromatic carbocycles. The fourth-order valence-electron chi connectivity index (χ4n) is 1.31. The molecule has 0 saturated carbocycles. The van der Waals surface area contributed by atoms with Gasteiger partial charge < -0.3 is 0 Å². The minimum atomic E-state index is 0.234. The Bertz CT molecular complexity index is 211. The van der Waals surface area contributed by atoms with Crippen molar-refractivity contribution in [3.8, 4) is 0 Å². The lowest BCUT2D eigenvalue weighted by atomic mass is 10.1. The third kappa shape index (κ3) is 3.42. The fourth-order valence-corrected chi connectivity index (χ4v) is 1.92. The molecule has 1 heterocycles. The summed E-state index contributed by atoms with van der Waals surface area (Å²) in [5.74, 6) is 5.46. The van der Waals surface area contributed by atoms with Gasteiger partial charge in [0.05, 0.1) is 17.2 Å². The van der Waals surface area contributed by atoms with E-state index in [0.717, 1.165) is 12.1 Å². The van der Waals surface area contributed by atoms with Crippen molar-refractivity contribution in [2.75, 3.05) is 0 Å². The molecule has 74 valence electrons. The smallest absolute Gasteiger partial charge is 0.0795 e. The summed E-state index contributed by atoms with van der Waals surface area (Å²) >= 11 is 1.62. The molecule has 4 heteroatoms. The lowest BCUT2D eigenvalue weighted by Gasteiger charge is -2.12. The van der Waals surface area contributed by atoms with Crippen LogP contribution in [0.3, 0.4) is 0 Å². The Balaban J connectivity index is 2.35. The zero-order valence-electron chi connectivity index (χ0n) is 7.99. The second-order valence-corrected chi connectivity index (χ2v) is 3.85. The molecule has 3 N–H and O–H groups in total. The van der Waals surface area contributed by atoms with E-state index in [4.69, 9.17) is 5.84 Å². The van der Waals surface area contributed by atoms with E-state index in [1.54, 1.807) is 11.3 Å². The summed E-state index contributed by atoms with van der Waals surface area (Å²) < 4.78 is 0. The first-order valence-electron chi connectivity index (χ1n) is 4.72. The van der Waals surface area contributed by atoms with Crippen molar-refractivity contribution in [2.24, 2.45) is 5.84 Å². The highest BCUT2D eigenvalue weighted by Gasteiger charge is 2.10. The van der Waals surface area contributed by atoms with Crippen LogP contribution < -0.4 is 11.3 Å². The topological polar surface area (TPSA) is 50.9 Å². The summed E-state index contributed by atoms with van der Waals surface area (Å²) in [5.41, 5.74) is 5.73. The number of aromatic nitrogens is 1. The van der Waals surface area contributed by atoms with Crippen LogP contribution in [0.2, 0.25) is 0 Å². The van der Waals surface area contributed by atoms with Crippen molar-refractivity contribution in [2.45, 2.75) is 38.6 Å². The van der Waals surface area contributed by atoms with Gasteiger partial charge in [-0.05, 0) is 6.42 Å². The van der Waals surface area contributed by atoms with E-state index in [-0.39, 0.29) is 6.04 Å². The van der Waals surface area contributed by atoms with Crippen LogP contribution in [-0.4, -0.2) is 4.98 Å². The SMILES string of the molecule is CCCCCC(NN)c1cscn1. The Labute approximate surface area is 83.3 Å². The van der Waals surface area contributed by atoms with E-state index in [1.165, 1.54) is 19.3 Å². The zero-order valence-corrected chi connectivity index (χ0v) is 8.81. The summed E-state index contributed by atoms with van der Waals surface area (Å²) in [5, 5.41) is 2.05. The monoisotopic (exact) mass is 199 g/mol. The van der Waals surface area contributed by atoms with E-state index in [1.807, 2.05) is 5.51 Å². The van der Waals surface area contributed by atoms with Crippen LogP contribution in [0.4, 0.5) is 0 Å². The van der Waals surface area contributed by atoms with Gasteiger partial charge in [0.1, 0.15) is 0 Å². The van der Waals surface area contributed by atoms with Crippen LogP contribution in [0.25, 0.3) is 0 Å². The quantitative estimate of drug-likeness (QED) is 0.419. The van der Waals surface area contributed by atoms with E-state index in [9.17, 15) is 0 Å². The molecule has 0 bridgehead atoms. The molecule has 0 fully saturated rings. The molecule has 1 unspecified atom stereocenters. The van der Waals surface area contributed by atoms with Gasteiger partial charge in [-0.25, -0.2) is 4.98 Å².